The Kier molecular flexibility index (Phi) is 6.66. The molecule has 1 aromatic rings. The minimum Gasteiger partial charge on any atom is -0.384 e. The summed E-state index contributed by atoms with van der Waals surface area (Å²) in [4.78, 5) is 33.9. The topological polar surface area (TPSA) is 122 Å². The molecule has 1 aliphatic carbocycles. The molecule has 1 aliphatic heterocycles. The van der Waals surface area contributed by atoms with Crippen LogP contribution in [0.1, 0.15) is 49.4 Å². The van der Waals surface area contributed by atoms with Crippen molar-refractivity contribution in [2.24, 2.45) is 11.7 Å². The summed E-state index contributed by atoms with van der Waals surface area (Å²) in [6.45, 7) is 3.72. The lowest BCUT2D eigenvalue weighted by Crippen LogP contribution is -2.31. The number of nitrogens with one attached hydrogen (secondary N) is 2. The van der Waals surface area contributed by atoms with Crippen molar-refractivity contribution in [3.05, 3.63) is 11.8 Å². The number of amides is 2. The highest BCUT2D eigenvalue weighted by Gasteiger charge is 2.26. The van der Waals surface area contributed by atoms with Crippen LogP contribution in [0.2, 0.25) is 0 Å². The van der Waals surface area contributed by atoms with Gasteiger partial charge in [-0.1, -0.05) is 0 Å². The lowest BCUT2D eigenvalue weighted by atomic mass is 9.86. The van der Waals surface area contributed by atoms with Crippen LogP contribution in [0.15, 0.2) is 6.20 Å². The third-order valence-corrected chi connectivity index (χ3v) is 5.61. The summed E-state index contributed by atoms with van der Waals surface area (Å²) >= 11 is 0. The highest BCUT2D eigenvalue weighted by Crippen LogP contribution is 2.27. The predicted molar refractivity (Wildman–Crippen MR) is 106 cm³/mol. The average Bonchev–Trinajstić information content (AvgIpc) is 3.12. The Morgan fingerprint density at radius 3 is 2.57 bits per heavy atom. The summed E-state index contributed by atoms with van der Waals surface area (Å²) in [5, 5.41) is 6.66. The van der Waals surface area contributed by atoms with Gasteiger partial charge in [0.15, 0.2) is 0 Å². The van der Waals surface area contributed by atoms with Crippen LogP contribution in [0.3, 0.4) is 0 Å². The van der Waals surface area contributed by atoms with Gasteiger partial charge in [0.2, 0.25) is 11.9 Å². The van der Waals surface area contributed by atoms with E-state index in [0.29, 0.717) is 29.8 Å². The molecule has 1 unspecified atom stereocenters. The van der Waals surface area contributed by atoms with Gasteiger partial charge >= 0.3 is 0 Å². The molecule has 1 aromatic heterocycles. The second-order valence-corrected chi connectivity index (χ2v) is 7.73. The fraction of sp³-hybridized carbons (Fsp3) is 0.684. The van der Waals surface area contributed by atoms with E-state index in [9.17, 15) is 9.59 Å². The predicted octanol–water partition coefficient (Wildman–Crippen LogP) is 1.23. The molecule has 2 heterocycles. The van der Waals surface area contributed by atoms with E-state index in [1.54, 1.807) is 18.9 Å². The first-order valence-electron chi connectivity index (χ1n) is 9.90. The number of hydrogen-bond donors (Lipinski definition) is 3. The van der Waals surface area contributed by atoms with E-state index in [4.69, 9.17) is 10.5 Å². The van der Waals surface area contributed by atoms with Crippen LogP contribution in [0.4, 0.5) is 11.8 Å². The van der Waals surface area contributed by atoms with Gasteiger partial charge < -0.3 is 26.0 Å². The van der Waals surface area contributed by atoms with Crippen molar-refractivity contribution in [3.63, 3.8) is 0 Å². The zero-order valence-corrected chi connectivity index (χ0v) is 16.6. The molecule has 1 atom stereocenters. The van der Waals surface area contributed by atoms with Crippen molar-refractivity contribution in [2.45, 2.75) is 51.1 Å². The Labute approximate surface area is 165 Å². The maximum absolute atomic E-state index is 11.8. The van der Waals surface area contributed by atoms with E-state index in [1.165, 1.54) is 6.20 Å². The first-order chi connectivity index (χ1) is 13.5. The fourth-order valence-electron chi connectivity index (χ4n) is 3.99. The van der Waals surface area contributed by atoms with E-state index >= 15 is 0 Å². The minimum absolute atomic E-state index is 0.0701. The van der Waals surface area contributed by atoms with Crippen molar-refractivity contribution < 1.29 is 14.3 Å². The maximum Gasteiger partial charge on any atom is 0.254 e. The number of rotatable bonds is 7. The molecule has 1 saturated carbocycles. The van der Waals surface area contributed by atoms with Gasteiger partial charge in [-0.25, -0.2) is 4.98 Å². The molecule has 3 rings (SSSR count). The molecule has 2 aliphatic rings. The SMILES string of the molecule is COCC1CCC(Nc2nc(NC3CCN(C(C)=O)C3)ncc2C(N)=O)CC1. The maximum atomic E-state index is 11.8. The molecule has 4 N–H and O–H groups in total. The molecule has 154 valence electrons. The number of carbonyl (C=O) groups excluding carboxylic acids is 2. The van der Waals surface area contributed by atoms with Gasteiger partial charge in [-0.3, -0.25) is 9.59 Å². The summed E-state index contributed by atoms with van der Waals surface area (Å²) in [5.41, 5.74) is 5.80. The molecule has 0 spiro atoms. The number of anilines is 2. The van der Waals surface area contributed by atoms with Gasteiger partial charge in [0.05, 0.1) is 5.56 Å². The van der Waals surface area contributed by atoms with E-state index in [0.717, 1.165) is 45.3 Å². The van der Waals surface area contributed by atoms with Crippen LogP contribution < -0.4 is 16.4 Å². The summed E-state index contributed by atoms with van der Waals surface area (Å²) in [5.74, 6) is 1.02. The van der Waals surface area contributed by atoms with Gasteiger partial charge in [-0.05, 0) is 38.0 Å². The quantitative estimate of drug-likeness (QED) is 0.640. The lowest BCUT2D eigenvalue weighted by molar-refractivity contribution is -0.127. The van der Waals surface area contributed by atoms with Crippen molar-refractivity contribution in [1.82, 2.24) is 14.9 Å². The molecule has 9 nitrogen and oxygen atoms in total. The van der Waals surface area contributed by atoms with Crippen molar-refractivity contribution >= 4 is 23.6 Å². The molecule has 9 heteroatoms. The molecule has 1 saturated heterocycles. The Morgan fingerprint density at radius 2 is 1.96 bits per heavy atom. The summed E-state index contributed by atoms with van der Waals surface area (Å²) < 4.78 is 5.25. The number of ether oxygens (including phenoxy) is 1. The summed E-state index contributed by atoms with van der Waals surface area (Å²) in [6.07, 6.45) is 6.46. The molecular formula is C19H30N6O3. The van der Waals surface area contributed by atoms with E-state index in [-0.39, 0.29) is 18.0 Å². The summed E-state index contributed by atoms with van der Waals surface area (Å²) in [6, 6.07) is 0.342. The molecule has 0 radical (unpaired) electrons. The Hall–Kier alpha value is -2.42. The molecule has 2 amide bonds. The number of nitrogens with two attached hydrogens (primary N) is 1. The molecular weight excluding hydrogens is 360 g/mol. The zero-order chi connectivity index (χ0) is 20.1. The second kappa shape index (κ2) is 9.18. The normalized spacial score (nSPS) is 24.8. The average molecular weight is 390 g/mol. The third-order valence-electron chi connectivity index (χ3n) is 5.61. The number of primary amides is 1. The summed E-state index contributed by atoms with van der Waals surface area (Å²) in [7, 11) is 1.73. The van der Waals surface area contributed by atoms with Gasteiger partial charge in [-0.15, -0.1) is 0 Å². The van der Waals surface area contributed by atoms with Gasteiger partial charge in [0, 0.05) is 52.0 Å². The van der Waals surface area contributed by atoms with Crippen LogP contribution in [0.5, 0.6) is 0 Å². The van der Waals surface area contributed by atoms with Crippen molar-refractivity contribution in [1.29, 1.82) is 0 Å². The number of nitrogens with zero attached hydrogens (tertiary/aromatic N) is 3. The minimum atomic E-state index is -0.550. The fourth-order valence-corrected chi connectivity index (χ4v) is 3.99. The first-order valence-corrected chi connectivity index (χ1v) is 9.90. The van der Waals surface area contributed by atoms with Gasteiger partial charge in [0.1, 0.15) is 5.82 Å². The monoisotopic (exact) mass is 390 g/mol. The Balaban J connectivity index is 1.65. The highest BCUT2D eigenvalue weighted by molar-refractivity contribution is 5.97. The van der Waals surface area contributed by atoms with E-state index in [2.05, 4.69) is 20.6 Å². The van der Waals surface area contributed by atoms with Crippen molar-refractivity contribution in [3.8, 4) is 0 Å². The third kappa shape index (κ3) is 5.09. The molecule has 0 bridgehead atoms. The molecule has 28 heavy (non-hydrogen) atoms. The van der Waals surface area contributed by atoms with E-state index < -0.39 is 5.91 Å². The number of likely N-dealkylation sites (tertiary alicyclic amines) is 1. The smallest absolute Gasteiger partial charge is 0.254 e. The van der Waals surface area contributed by atoms with Crippen molar-refractivity contribution in [2.75, 3.05) is 37.4 Å². The largest absolute Gasteiger partial charge is 0.384 e. The number of aromatic nitrogens is 2. The van der Waals surface area contributed by atoms with E-state index in [1.807, 2.05) is 0 Å². The van der Waals surface area contributed by atoms with Gasteiger partial charge in [0.25, 0.3) is 5.91 Å². The van der Waals surface area contributed by atoms with Crippen LogP contribution in [0.25, 0.3) is 0 Å². The second-order valence-electron chi connectivity index (χ2n) is 7.73. The Morgan fingerprint density at radius 1 is 1.21 bits per heavy atom. The number of hydrogen-bond acceptors (Lipinski definition) is 7. The lowest BCUT2D eigenvalue weighted by Gasteiger charge is -2.29. The zero-order valence-electron chi connectivity index (χ0n) is 16.6. The standard InChI is InChI=1S/C19H30N6O3/c1-12(26)25-8-7-15(10-25)23-19-21-9-16(17(20)27)18(24-19)22-14-5-3-13(4-6-14)11-28-2/h9,13-15H,3-8,10-11H2,1-2H3,(H2,20,27)(H2,21,22,23,24). The van der Waals surface area contributed by atoms with Crippen LogP contribution >= 0.6 is 0 Å². The first kappa shape index (κ1) is 20.3. The van der Waals surface area contributed by atoms with Crippen LogP contribution in [0, 0.1) is 5.92 Å². The highest BCUT2D eigenvalue weighted by atomic mass is 16.5. The van der Waals surface area contributed by atoms with Gasteiger partial charge in [-0.2, -0.15) is 4.98 Å². The van der Waals surface area contributed by atoms with Crippen LogP contribution in [-0.4, -0.2) is 65.6 Å². The number of carbonyl (C=O) groups is 2. The molecule has 0 aromatic carbocycles. The number of methoxy groups -OCH3 is 1. The van der Waals surface area contributed by atoms with Crippen LogP contribution in [-0.2, 0) is 9.53 Å². The Bertz CT molecular complexity index is 705. The molecule has 2 fully saturated rings.